The molecule has 6 atom stereocenters. The number of aliphatic hydroxyl groups is 3. The lowest BCUT2D eigenvalue weighted by atomic mass is 9.71. The van der Waals surface area contributed by atoms with Crippen LogP contribution in [0.3, 0.4) is 0 Å². The molecular weight excluding hydrogens is 360 g/mol. The number of rotatable bonds is 6. The highest BCUT2D eigenvalue weighted by atomic mass is 16.3. The number of allylic oxidation sites excluding steroid dienone is 3. The first-order chi connectivity index (χ1) is 13.7. The molecule has 164 valence electrons. The second kappa shape index (κ2) is 9.49. The summed E-state index contributed by atoms with van der Waals surface area (Å²) in [4.78, 5) is 0. The highest BCUT2D eigenvalue weighted by Crippen LogP contribution is 2.51. The summed E-state index contributed by atoms with van der Waals surface area (Å²) in [6.07, 6.45) is 14.2. The van der Waals surface area contributed by atoms with Crippen LogP contribution in [0.25, 0.3) is 0 Å². The van der Waals surface area contributed by atoms with Gasteiger partial charge in [0, 0.05) is 0 Å². The normalized spacial score (nSPS) is 35.7. The van der Waals surface area contributed by atoms with Crippen LogP contribution in [0.4, 0.5) is 0 Å². The quantitative estimate of drug-likeness (QED) is 0.527. The molecule has 3 rings (SSSR count). The van der Waals surface area contributed by atoms with Gasteiger partial charge in [0.25, 0.3) is 0 Å². The van der Waals surface area contributed by atoms with Crippen molar-refractivity contribution in [2.24, 2.45) is 23.7 Å². The fourth-order valence-electron chi connectivity index (χ4n) is 6.11. The second-order valence-corrected chi connectivity index (χ2v) is 10.7. The molecule has 3 N–H and O–H groups in total. The largest absolute Gasteiger partial charge is 0.390 e. The van der Waals surface area contributed by atoms with Gasteiger partial charge in [0.05, 0.1) is 17.8 Å². The second-order valence-electron chi connectivity index (χ2n) is 10.7. The molecule has 0 radical (unpaired) electrons. The van der Waals surface area contributed by atoms with E-state index in [1.807, 2.05) is 13.8 Å². The van der Waals surface area contributed by atoms with E-state index in [-0.39, 0.29) is 0 Å². The molecule has 0 aromatic heterocycles. The first kappa shape index (κ1) is 22.8. The van der Waals surface area contributed by atoms with Crippen molar-refractivity contribution in [3.05, 3.63) is 35.5 Å². The minimum Gasteiger partial charge on any atom is -0.390 e. The van der Waals surface area contributed by atoms with Gasteiger partial charge >= 0.3 is 0 Å². The van der Waals surface area contributed by atoms with E-state index in [1.165, 1.54) is 38.5 Å². The molecule has 0 aliphatic heterocycles. The molecule has 1 unspecified atom stereocenters. The summed E-state index contributed by atoms with van der Waals surface area (Å²) < 4.78 is 0. The topological polar surface area (TPSA) is 60.7 Å². The summed E-state index contributed by atoms with van der Waals surface area (Å²) in [6, 6.07) is 0. The fraction of sp³-hybridized carbons (Fsp3) is 0.769. The van der Waals surface area contributed by atoms with Gasteiger partial charge in [-0.1, -0.05) is 49.6 Å². The average molecular weight is 403 g/mol. The smallest absolute Gasteiger partial charge is 0.0809 e. The van der Waals surface area contributed by atoms with Crippen LogP contribution in [0.2, 0.25) is 0 Å². The van der Waals surface area contributed by atoms with Crippen molar-refractivity contribution in [3.63, 3.8) is 0 Å². The van der Waals surface area contributed by atoms with Crippen LogP contribution >= 0.6 is 0 Å². The molecule has 0 amide bonds. The van der Waals surface area contributed by atoms with Gasteiger partial charge in [-0.2, -0.15) is 0 Å². The highest BCUT2D eigenvalue weighted by Gasteiger charge is 2.41. The van der Waals surface area contributed by atoms with E-state index in [0.717, 1.165) is 42.1 Å². The zero-order valence-electron chi connectivity index (χ0n) is 18.7. The third-order valence-electron chi connectivity index (χ3n) is 7.84. The van der Waals surface area contributed by atoms with Gasteiger partial charge in [-0.15, -0.1) is 0 Å². The Hall–Kier alpha value is -0.900. The summed E-state index contributed by atoms with van der Waals surface area (Å²) in [5, 5.41) is 30.2. The summed E-state index contributed by atoms with van der Waals surface area (Å²) in [7, 11) is 0. The number of fused-ring (bicyclic) bond motifs is 1. The van der Waals surface area contributed by atoms with Gasteiger partial charge < -0.3 is 15.3 Å². The van der Waals surface area contributed by atoms with Crippen LogP contribution in [-0.2, 0) is 0 Å². The number of hydrogen-bond donors (Lipinski definition) is 3. The Kier molecular flexibility index (Phi) is 7.46. The Labute approximate surface area is 177 Å². The van der Waals surface area contributed by atoms with Gasteiger partial charge in [0.15, 0.2) is 0 Å². The molecule has 0 saturated heterocycles. The van der Waals surface area contributed by atoms with E-state index in [2.05, 4.69) is 25.7 Å². The molecule has 3 heteroatoms. The highest BCUT2D eigenvalue weighted by molar-refractivity contribution is 5.28. The summed E-state index contributed by atoms with van der Waals surface area (Å²) >= 11 is 0. The Morgan fingerprint density at radius 2 is 1.79 bits per heavy atom. The summed E-state index contributed by atoms with van der Waals surface area (Å²) in [6.45, 7) is 10.1. The van der Waals surface area contributed by atoms with E-state index >= 15 is 0 Å². The summed E-state index contributed by atoms with van der Waals surface area (Å²) in [5.41, 5.74) is 2.75. The molecule has 0 spiro atoms. The van der Waals surface area contributed by atoms with Gasteiger partial charge in [0.2, 0.25) is 0 Å². The van der Waals surface area contributed by atoms with Gasteiger partial charge in [-0.25, -0.2) is 0 Å². The first-order valence-electron chi connectivity index (χ1n) is 11.8. The maximum Gasteiger partial charge on any atom is 0.0809 e. The fourth-order valence-corrected chi connectivity index (χ4v) is 6.11. The van der Waals surface area contributed by atoms with Gasteiger partial charge in [0.1, 0.15) is 0 Å². The molecule has 3 aliphatic carbocycles. The molecule has 3 fully saturated rings. The third kappa shape index (κ3) is 5.83. The number of hydrogen-bond acceptors (Lipinski definition) is 3. The maximum absolute atomic E-state index is 10.1. The molecule has 0 aromatic rings. The average Bonchev–Trinajstić information content (AvgIpc) is 3.08. The monoisotopic (exact) mass is 402 g/mol. The SMILES string of the molecule is C=C1[C@H](O)CC(=C/C=C2\CCCC3[C@H]2CC[C@@H]3[C@H](C)CCCC(C)(C)O)C[C@H]1O. The predicted molar refractivity (Wildman–Crippen MR) is 119 cm³/mol. The van der Waals surface area contributed by atoms with E-state index in [4.69, 9.17) is 0 Å². The van der Waals surface area contributed by atoms with Crippen molar-refractivity contribution in [3.8, 4) is 0 Å². The summed E-state index contributed by atoms with van der Waals surface area (Å²) in [5.74, 6) is 3.09. The lowest BCUT2D eigenvalue weighted by Gasteiger charge is -2.34. The predicted octanol–water partition coefficient (Wildman–Crippen LogP) is 5.31. The van der Waals surface area contributed by atoms with E-state index < -0.39 is 17.8 Å². The minimum absolute atomic E-state index is 0.543. The van der Waals surface area contributed by atoms with Crippen molar-refractivity contribution >= 4 is 0 Å². The van der Waals surface area contributed by atoms with Crippen molar-refractivity contribution in [1.29, 1.82) is 0 Å². The lowest BCUT2D eigenvalue weighted by molar-refractivity contribution is 0.0651. The van der Waals surface area contributed by atoms with Gasteiger partial charge in [-0.3, -0.25) is 0 Å². The van der Waals surface area contributed by atoms with E-state index in [0.29, 0.717) is 18.4 Å². The number of aliphatic hydroxyl groups excluding tert-OH is 2. The Morgan fingerprint density at radius 3 is 2.45 bits per heavy atom. The minimum atomic E-state index is -0.608. The van der Waals surface area contributed by atoms with E-state index in [9.17, 15) is 15.3 Å². The lowest BCUT2D eigenvalue weighted by Crippen LogP contribution is -2.28. The maximum atomic E-state index is 10.1. The first-order valence-corrected chi connectivity index (χ1v) is 11.8. The van der Waals surface area contributed by atoms with Crippen LogP contribution in [0.5, 0.6) is 0 Å². The molecular formula is C26H42O3. The molecule has 3 saturated carbocycles. The standard InChI is InChI=1S/C26H42O3/c1-17(7-6-14-26(3,4)29)21-12-13-22-20(8-5-9-23(21)22)11-10-19-15-24(27)18(2)25(28)16-19/h10-11,17,21-25,27-29H,2,5-9,12-16H2,1,3-4H3/b20-11+/t17-,21-,22+,23?,24-,25-/m1/s1. The molecule has 29 heavy (non-hydrogen) atoms. The molecule has 0 heterocycles. The Balaban J connectivity index is 1.61. The van der Waals surface area contributed by atoms with Crippen LogP contribution in [0, 0.1) is 23.7 Å². The van der Waals surface area contributed by atoms with Crippen molar-refractivity contribution < 1.29 is 15.3 Å². The Morgan fingerprint density at radius 1 is 1.10 bits per heavy atom. The molecule has 0 bridgehead atoms. The molecule has 3 aliphatic rings. The molecule has 3 nitrogen and oxygen atoms in total. The van der Waals surface area contributed by atoms with E-state index in [1.54, 1.807) is 5.57 Å². The van der Waals surface area contributed by atoms with Crippen molar-refractivity contribution in [2.45, 2.75) is 103 Å². The molecule has 0 aromatic carbocycles. The van der Waals surface area contributed by atoms with Crippen LogP contribution in [0.15, 0.2) is 35.5 Å². The van der Waals surface area contributed by atoms with Crippen molar-refractivity contribution in [2.75, 3.05) is 0 Å². The van der Waals surface area contributed by atoms with Crippen LogP contribution in [0.1, 0.15) is 85.0 Å². The Bertz CT molecular complexity index is 623. The third-order valence-corrected chi connectivity index (χ3v) is 7.84. The zero-order chi connectivity index (χ0) is 21.2. The zero-order valence-corrected chi connectivity index (χ0v) is 18.7. The van der Waals surface area contributed by atoms with Crippen LogP contribution in [-0.4, -0.2) is 33.1 Å². The van der Waals surface area contributed by atoms with Crippen LogP contribution < -0.4 is 0 Å². The van der Waals surface area contributed by atoms with Gasteiger partial charge in [-0.05, 0) is 94.5 Å². The van der Waals surface area contributed by atoms with Crippen molar-refractivity contribution in [1.82, 2.24) is 0 Å².